The number of aliphatic hydroxyl groups is 1. The molecule has 24 heavy (non-hydrogen) atoms. The number of rotatable bonds is 4. The van der Waals surface area contributed by atoms with Crippen molar-refractivity contribution in [3.63, 3.8) is 0 Å². The third-order valence-electron chi connectivity index (χ3n) is 4.20. The van der Waals surface area contributed by atoms with E-state index in [9.17, 15) is 9.67 Å². The summed E-state index contributed by atoms with van der Waals surface area (Å²) in [6, 6.07) is 0. The van der Waals surface area contributed by atoms with Crippen LogP contribution in [-0.4, -0.2) is 22.2 Å². The van der Waals surface area contributed by atoms with Crippen molar-refractivity contribution in [1.82, 2.24) is 0 Å². The predicted molar refractivity (Wildman–Crippen MR) is 101 cm³/mol. The summed E-state index contributed by atoms with van der Waals surface area (Å²) < 4.78 is 15.4. The van der Waals surface area contributed by atoms with Gasteiger partial charge in [-0.1, -0.05) is 86.5 Å². The maximum Gasteiger partial charge on any atom is 0.694 e. The van der Waals surface area contributed by atoms with E-state index in [1.165, 1.54) is 12.8 Å². The zero-order valence-corrected chi connectivity index (χ0v) is 17.5. The van der Waals surface area contributed by atoms with Crippen LogP contribution in [0.4, 0.5) is 0 Å². The minimum absolute atomic E-state index is 0.0991. The molecule has 0 saturated carbocycles. The Morgan fingerprint density at radius 2 is 1.67 bits per heavy atom. The molecule has 2 N–H and O–H groups in total. The molecule has 0 saturated heterocycles. The highest BCUT2D eigenvalue weighted by molar-refractivity contribution is 7.32. The summed E-state index contributed by atoms with van der Waals surface area (Å²) in [5, 5.41) is 11.1. The Kier molecular flexibility index (Phi) is 9.03. The lowest BCUT2D eigenvalue weighted by Crippen LogP contribution is -2.48. The van der Waals surface area contributed by atoms with Gasteiger partial charge in [-0.05, 0) is 16.4 Å². The van der Waals surface area contributed by atoms with E-state index in [1.54, 1.807) is 6.08 Å². The minimum atomic E-state index is -2.59. The normalized spacial score (nSPS) is 24.8. The first kappa shape index (κ1) is 23.5. The van der Waals surface area contributed by atoms with Crippen LogP contribution in [0.2, 0.25) is 0 Å². The summed E-state index contributed by atoms with van der Waals surface area (Å²) in [4.78, 5) is 8.73. The Bertz CT molecular complexity index is 467. The van der Waals surface area contributed by atoms with Crippen LogP contribution in [0.15, 0.2) is 23.8 Å². The highest BCUT2D eigenvalue weighted by Crippen LogP contribution is 2.47. The van der Waals surface area contributed by atoms with Crippen molar-refractivity contribution in [2.24, 2.45) is 16.7 Å². The molecular formula is C19H36O4P+. The first-order chi connectivity index (χ1) is 10.8. The van der Waals surface area contributed by atoms with E-state index in [0.717, 1.165) is 5.57 Å². The van der Waals surface area contributed by atoms with Gasteiger partial charge in [0.2, 0.25) is 0 Å². The molecule has 0 aliphatic heterocycles. The van der Waals surface area contributed by atoms with Gasteiger partial charge < -0.3 is 5.11 Å². The average molecular weight is 359 g/mol. The Balaban J connectivity index is 0.00000118. The van der Waals surface area contributed by atoms with Crippen LogP contribution in [-0.2, 0) is 9.09 Å². The molecule has 5 heteroatoms. The van der Waals surface area contributed by atoms with Gasteiger partial charge >= 0.3 is 8.25 Å². The lowest BCUT2D eigenvalue weighted by atomic mass is 9.62. The summed E-state index contributed by atoms with van der Waals surface area (Å²) in [6.45, 7) is 16.7. The molecule has 1 aliphatic rings. The van der Waals surface area contributed by atoms with Gasteiger partial charge in [-0.2, -0.15) is 0 Å². The van der Waals surface area contributed by atoms with E-state index < -0.39 is 13.9 Å². The van der Waals surface area contributed by atoms with Gasteiger partial charge in [-0.25, -0.2) is 0 Å². The Morgan fingerprint density at radius 3 is 2.00 bits per heavy atom. The van der Waals surface area contributed by atoms with Crippen LogP contribution in [0.3, 0.4) is 0 Å². The highest BCUT2D eigenvalue weighted by Gasteiger charge is 2.46. The van der Waals surface area contributed by atoms with Gasteiger partial charge in [-0.15, -0.1) is 9.42 Å². The maximum absolute atomic E-state index is 11.1. The number of hydrogen-bond donors (Lipinski definition) is 2. The molecule has 0 radical (unpaired) electrons. The Hall–Kier alpha value is -0.540. The first-order valence-electron chi connectivity index (χ1n) is 8.73. The van der Waals surface area contributed by atoms with Gasteiger partial charge in [0.1, 0.15) is 12.2 Å². The molecular weight excluding hydrogens is 323 g/mol. The SMILES string of the molecule is CC(C)(C)C1=CC(CO[P+](=O)O)C=CC1(O)C(C)(C)C.CCCC. The summed E-state index contributed by atoms with van der Waals surface area (Å²) in [5.74, 6) is -0.0991. The molecule has 0 spiro atoms. The van der Waals surface area contributed by atoms with Crippen molar-refractivity contribution < 1.29 is 19.1 Å². The van der Waals surface area contributed by atoms with E-state index in [-0.39, 0.29) is 23.4 Å². The van der Waals surface area contributed by atoms with Crippen LogP contribution in [0.1, 0.15) is 68.2 Å². The van der Waals surface area contributed by atoms with E-state index in [1.807, 2.05) is 32.9 Å². The molecule has 0 fully saturated rings. The maximum atomic E-state index is 11.1. The lowest BCUT2D eigenvalue weighted by molar-refractivity contribution is 0.00219. The second kappa shape index (κ2) is 9.24. The number of hydrogen-bond acceptors (Lipinski definition) is 3. The van der Waals surface area contributed by atoms with Crippen LogP contribution < -0.4 is 0 Å². The molecule has 3 atom stereocenters. The van der Waals surface area contributed by atoms with E-state index in [0.29, 0.717) is 0 Å². The first-order valence-corrected chi connectivity index (χ1v) is 9.86. The van der Waals surface area contributed by atoms with Crippen LogP contribution >= 0.6 is 8.25 Å². The smallest absolute Gasteiger partial charge is 0.381 e. The van der Waals surface area contributed by atoms with Crippen molar-refractivity contribution in [3.8, 4) is 0 Å². The molecule has 140 valence electrons. The van der Waals surface area contributed by atoms with Crippen molar-refractivity contribution in [1.29, 1.82) is 0 Å². The largest absolute Gasteiger partial charge is 0.694 e. The second-order valence-electron chi connectivity index (χ2n) is 8.40. The fourth-order valence-electron chi connectivity index (χ4n) is 2.48. The molecule has 0 aromatic carbocycles. The lowest BCUT2D eigenvalue weighted by Gasteiger charge is -2.47. The van der Waals surface area contributed by atoms with Gasteiger partial charge in [0.15, 0.2) is 0 Å². The van der Waals surface area contributed by atoms with Crippen LogP contribution in [0.25, 0.3) is 0 Å². The van der Waals surface area contributed by atoms with Gasteiger partial charge in [0.05, 0.1) is 0 Å². The van der Waals surface area contributed by atoms with Crippen molar-refractivity contribution in [3.05, 3.63) is 23.8 Å². The third kappa shape index (κ3) is 6.76. The average Bonchev–Trinajstić information content (AvgIpc) is 2.44. The summed E-state index contributed by atoms with van der Waals surface area (Å²) in [6.07, 6.45) is 8.25. The molecule has 3 unspecified atom stereocenters. The van der Waals surface area contributed by atoms with Crippen LogP contribution in [0.5, 0.6) is 0 Å². The fourth-order valence-corrected chi connectivity index (χ4v) is 2.78. The quantitative estimate of drug-likeness (QED) is 0.521. The molecule has 0 aromatic heterocycles. The van der Waals surface area contributed by atoms with Crippen molar-refractivity contribution in [2.75, 3.05) is 6.61 Å². The Labute approximate surface area is 149 Å². The van der Waals surface area contributed by atoms with Gasteiger partial charge in [0.25, 0.3) is 0 Å². The number of unbranched alkanes of at least 4 members (excludes halogenated alkanes) is 1. The van der Waals surface area contributed by atoms with E-state index in [4.69, 9.17) is 9.42 Å². The zero-order chi connectivity index (χ0) is 19.2. The monoisotopic (exact) mass is 359 g/mol. The topological polar surface area (TPSA) is 66.8 Å². The summed E-state index contributed by atoms with van der Waals surface area (Å²) in [7, 11) is -2.59. The molecule has 1 rings (SSSR count). The fraction of sp³-hybridized carbons (Fsp3) is 0.789. The highest BCUT2D eigenvalue weighted by atomic mass is 31.1. The van der Waals surface area contributed by atoms with Crippen molar-refractivity contribution >= 4 is 8.25 Å². The van der Waals surface area contributed by atoms with E-state index >= 15 is 0 Å². The molecule has 0 bridgehead atoms. The molecule has 0 aromatic rings. The predicted octanol–water partition coefficient (Wildman–Crippen LogP) is 5.39. The molecule has 1 aliphatic carbocycles. The summed E-state index contributed by atoms with van der Waals surface area (Å²) >= 11 is 0. The molecule has 0 amide bonds. The standard InChI is InChI=1S/C15H25O4P.C4H10/c1-13(2,3)12-9-11(10-19-20(17)18)7-8-15(12,16)14(4,5)6;1-3-4-2/h7-9,11,16H,10H2,1-6H3;3-4H2,1-2H3/p+1. The van der Waals surface area contributed by atoms with E-state index in [2.05, 4.69) is 34.6 Å². The minimum Gasteiger partial charge on any atom is -0.381 e. The third-order valence-corrected chi connectivity index (χ3v) is 4.57. The zero-order valence-electron chi connectivity index (χ0n) is 16.6. The second-order valence-corrected chi connectivity index (χ2v) is 9.14. The van der Waals surface area contributed by atoms with Crippen LogP contribution in [0, 0.1) is 16.7 Å². The molecule has 0 heterocycles. The Morgan fingerprint density at radius 1 is 1.17 bits per heavy atom. The van der Waals surface area contributed by atoms with Gasteiger partial charge in [0, 0.05) is 10.5 Å². The molecule has 4 nitrogen and oxygen atoms in total. The van der Waals surface area contributed by atoms with Crippen molar-refractivity contribution in [2.45, 2.75) is 73.8 Å². The van der Waals surface area contributed by atoms with Gasteiger partial charge in [-0.3, -0.25) is 0 Å². The summed E-state index contributed by atoms with van der Waals surface area (Å²) in [5.41, 5.74) is -0.645.